The molecule has 3 N–H and O–H groups in total. The average molecular weight is 416 g/mol. The zero-order chi connectivity index (χ0) is 19.1. The number of amides is 1. The number of nitrogens with one attached hydrogen (secondary N) is 1. The van der Waals surface area contributed by atoms with Crippen molar-refractivity contribution < 1.29 is 14.5 Å². The summed E-state index contributed by atoms with van der Waals surface area (Å²) < 4.78 is 3.87. The summed E-state index contributed by atoms with van der Waals surface area (Å²) in [5, 5.41) is 10.5. The van der Waals surface area contributed by atoms with Crippen LogP contribution in [0.3, 0.4) is 0 Å². The van der Waals surface area contributed by atoms with Gasteiger partial charge in [-0.1, -0.05) is 57.8 Å². The van der Waals surface area contributed by atoms with Gasteiger partial charge in [-0.15, -0.1) is 0 Å². The normalized spacial score (nSPS) is 12.0. The van der Waals surface area contributed by atoms with E-state index >= 15 is 0 Å². The van der Waals surface area contributed by atoms with Gasteiger partial charge < -0.3 is 20.7 Å². The third-order valence-corrected chi connectivity index (χ3v) is 4.93. The molecule has 0 aliphatic heterocycles. The van der Waals surface area contributed by atoms with Crippen LogP contribution in [0.2, 0.25) is 10.2 Å². The van der Waals surface area contributed by atoms with Crippen molar-refractivity contribution in [3.8, 4) is 0 Å². The zero-order valence-electron chi connectivity index (χ0n) is 13.8. The molecule has 0 aliphatic carbocycles. The molecule has 8 nitrogen and oxygen atoms in total. The minimum absolute atomic E-state index is 0.0424. The molecule has 0 bridgehead atoms. The third-order valence-electron chi connectivity index (χ3n) is 3.11. The Morgan fingerprint density at radius 2 is 2.08 bits per heavy atom. The van der Waals surface area contributed by atoms with Gasteiger partial charge in [0.1, 0.15) is 23.6 Å². The van der Waals surface area contributed by atoms with E-state index in [4.69, 9.17) is 38.6 Å². The van der Waals surface area contributed by atoms with Crippen molar-refractivity contribution in [2.75, 3.05) is 14.2 Å². The van der Waals surface area contributed by atoms with Gasteiger partial charge in [-0.2, -0.15) is 4.37 Å². The van der Waals surface area contributed by atoms with Gasteiger partial charge in [0.2, 0.25) is 0 Å². The lowest BCUT2D eigenvalue weighted by Crippen LogP contribution is -2.29. The number of amidine groups is 1. The number of nitrogens with two attached hydrogens (primary N) is 1. The summed E-state index contributed by atoms with van der Waals surface area (Å²) >= 11 is 12.8. The van der Waals surface area contributed by atoms with E-state index in [1.807, 2.05) is 0 Å². The summed E-state index contributed by atoms with van der Waals surface area (Å²) in [6.07, 6.45) is 0. The SMILES string of the molecule is CNC(=O)/C(=N/OC)c1ccccc1CO/N=C(\N)c1snc(Cl)c1Cl. The van der Waals surface area contributed by atoms with Gasteiger partial charge in [0, 0.05) is 18.2 Å². The maximum atomic E-state index is 12.0. The van der Waals surface area contributed by atoms with Gasteiger partial charge >= 0.3 is 0 Å². The van der Waals surface area contributed by atoms with Crippen molar-refractivity contribution in [2.24, 2.45) is 16.0 Å². The largest absolute Gasteiger partial charge is 0.398 e. The first-order valence-electron chi connectivity index (χ1n) is 7.17. The summed E-state index contributed by atoms with van der Waals surface area (Å²) in [7, 11) is 2.86. The van der Waals surface area contributed by atoms with Crippen LogP contribution in [0.25, 0.3) is 0 Å². The van der Waals surface area contributed by atoms with Crippen molar-refractivity contribution in [3.05, 3.63) is 50.4 Å². The van der Waals surface area contributed by atoms with Crippen molar-refractivity contribution in [3.63, 3.8) is 0 Å². The number of nitrogens with zero attached hydrogens (tertiary/aromatic N) is 3. The first kappa shape index (κ1) is 20.0. The van der Waals surface area contributed by atoms with E-state index in [0.29, 0.717) is 16.0 Å². The van der Waals surface area contributed by atoms with E-state index in [1.165, 1.54) is 14.2 Å². The number of halogens is 2. The lowest BCUT2D eigenvalue weighted by Gasteiger charge is -2.10. The molecule has 2 rings (SSSR count). The first-order valence-corrected chi connectivity index (χ1v) is 8.70. The van der Waals surface area contributed by atoms with Crippen LogP contribution in [0.5, 0.6) is 0 Å². The van der Waals surface area contributed by atoms with Gasteiger partial charge in [0.25, 0.3) is 5.91 Å². The fraction of sp³-hybridized carbons (Fsp3) is 0.200. The molecular weight excluding hydrogens is 401 g/mol. The van der Waals surface area contributed by atoms with Gasteiger partial charge in [-0.25, -0.2) is 0 Å². The zero-order valence-corrected chi connectivity index (χ0v) is 16.2. The second kappa shape index (κ2) is 9.37. The van der Waals surface area contributed by atoms with Crippen LogP contribution in [0.1, 0.15) is 16.0 Å². The number of rotatable bonds is 7. The van der Waals surface area contributed by atoms with Gasteiger partial charge in [-0.05, 0) is 11.5 Å². The molecule has 0 aliphatic rings. The molecule has 0 fully saturated rings. The molecule has 0 unspecified atom stereocenters. The highest BCUT2D eigenvalue weighted by atomic mass is 35.5. The highest BCUT2D eigenvalue weighted by molar-refractivity contribution is 7.09. The van der Waals surface area contributed by atoms with E-state index in [1.54, 1.807) is 24.3 Å². The summed E-state index contributed by atoms with van der Waals surface area (Å²) in [5.41, 5.74) is 7.15. The summed E-state index contributed by atoms with van der Waals surface area (Å²) in [6.45, 7) is 0.0424. The maximum absolute atomic E-state index is 12.0. The second-order valence-corrected chi connectivity index (χ2v) is 6.23. The Bertz CT molecular complexity index is 854. The highest BCUT2D eigenvalue weighted by Crippen LogP contribution is 2.28. The van der Waals surface area contributed by atoms with Gasteiger partial charge in [-0.3, -0.25) is 4.79 Å². The Balaban J connectivity index is 2.20. The molecule has 0 saturated heterocycles. The van der Waals surface area contributed by atoms with E-state index in [-0.39, 0.29) is 28.3 Å². The van der Waals surface area contributed by atoms with Crippen molar-refractivity contribution in [2.45, 2.75) is 6.61 Å². The molecule has 0 saturated carbocycles. The number of carbonyl (C=O) groups excluding carboxylic acids is 1. The number of carbonyl (C=O) groups is 1. The number of aromatic nitrogens is 1. The summed E-state index contributed by atoms with van der Waals surface area (Å²) in [6, 6.07) is 7.05. The standard InChI is InChI=1S/C15H15Cl2N5O3S/c1-19-15(23)11(20-24-2)9-6-4-3-5-8(9)7-25-21-14(18)12-10(16)13(17)22-26-12/h3-6H,7H2,1-2H3,(H2,18,21)(H,19,23)/b20-11+. The van der Waals surface area contributed by atoms with Crippen LogP contribution in [0, 0.1) is 0 Å². The minimum Gasteiger partial charge on any atom is -0.398 e. The molecule has 26 heavy (non-hydrogen) atoms. The fourth-order valence-electron chi connectivity index (χ4n) is 1.93. The quantitative estimate of drug-likeness (QED) is 0.409. The Hall–Kier alpha value is -2.36. The predicted molar refractivity (Wildman–Crippen MR) is 102 cm³/mol. The molecule has 0 radical (unpaired) electrons. The molecule has 1 aromatic carbocycles. The molecule has 0 spiro atoms. The molecular formula is C15H15Cl2N5O3S. The monoisotopic (exact) mass is 415 g/mol. The first-order chi connectivity index (χ1) is 12.5. The van der Waals surface area contributed by atoms with E-state index < -0.39 is 5.91 Å². The number of benzene rings is 1. The highest BCUT2D eigenvalue weighted by Gasteiger charge is 2.18. The molecule has 0 atom stereocenters. The molecule has 1 heterocycles. The van der Waals surface area contributed by atoms with Crippen LogP contribution in [0.4, 0.5) is 0 Å². The number of likely N-dealkylation sites (N-methyl/N-ethyl adjacent to an activating group) is 1. The molecule has 1 amide bonds. The number of hydrogen-bond donors (Lipinski definition) is 2. The van der Waals surface area contributed by atoms with Crippen molar-refractivity contribution >= 4 is 52.2 Å². The van der Waals surface area contributed by atoms with Crippen LogP contribution < -0.4 is 11.1 Å². The van der Waals surface area contributed by atoms with Crippen molar-refractivity contribution in [1.29, 1.82) is 0 Å². The van der Waals surface area contributed by atoms with Crippen LogP contribution in [-0.2, 0) is 21.1 Å². The summed E-state index contributed by atoms with van der Waals surface area (Å²) in [4.78, 5) is 22.5. The Labute approximate surface area is 163 Å². The minimum atomic E-state index is -0.395. The number of hydrogen-bond acceptors (Lipinski definition) is 7. The second-order valence-electron chi connectivity index (χ2n) is 4.73. The molecule has 2 aromatic rings. The van der Waals surface area contributed by atoms with E-state index in [9.17, 15) is 4.79 Å². The average Bonchev–Trinajstić information content (AvgIpc) is 2.98. The fourth-order valence-corrected chi connectivity index (χ4v) is 3.05. The van der Waals surface area contributed by atoms with Crippen LogP contribution in [0.15, 0.2) is 34.6 Å². The Morgan fingerprint density at radius 1 is 1.35 bits per heavy atom. The Morgan fingerprint density at radius 3 is 2.69 bits per heavy atom. The predicted octanol–water partition coefficient (Wildman–Crippen LogP) is 2.38. The summed E-state index contributed by atoms with van der Waals surface area (Å²) in [5.74, 6) is -0.345. The topological polar surface area (TPSA) is 111 Å². The lowest BCUT2D eigenvalue weighted by atomic mass is 10.0. The molecule has 11 heteroatoms. The third kappa shape index (κ3) is 4.63. The lowest BCUT2D eigenvalue weighted by molar-refractivity contribution is -0.114. The van der Waals surface area contributed by atoms with E-state index in [0.717, 1.165) is 11.5 Å². The Kier molecular flexibility index (Phi) is 7.19. The molecule has 1 aromatic heterocycles. The number of oxime groups is 2. The van der Waals surface area contributed by atoms with Gasteiger partial charge in [0.15, 0.2) is 16.7 Å². The molecule has 138 valence electrons. The van der Waals surface area contributed by atoms with Gasteiger partial charge in [0.05, 0.1) is 0 Å². The smallest absolute Gasteiger partial charge is 0.273 e. The van der Waals surface area contributed by atoms with Crippen molar-refractivity contribution in [1.82, 2.24) is 9.69 Å². The maximum Gasteiger partial charge on any atom is 0.273 e. The van der Waals surface area contributed by atoms with E-state index in [2.05, 4.69) is 20.0 Å². The van der Waals surface area contributed by atoms with Crippen LogP contribution >= 0.6 is 34.7 Å². The van der Waals surface area contributed by atoms with Crippen LogP contribution in [-0.4, -0.2) is 36.0 Å².